The van der Waals surface area contributed by atoms with E-state index in [1.165, 1.54) is 5.56 Å². The average molecular weight is 274 g/mol. The highest BCUT2D eigenvalue weighted by Crippen LogP contribution is 2.21. The van der Waals surface area contributed by atoms with Crippen LogP contribution in [0.25, 0.3) is 0 Å². The van der Waals surface area contributed by atoms with Gasteiger partial charge in [0.05, 0.1) is 6.20 Å². The van der Waals surface area contributed by atoms with E-state index in [0.717, 1.165) is 43.0 Å². The smallest absolute Gasteiger partial charge is 0.134 e. The predicted octanol–water partition coefficient (Wildman–Crippen LogP) is 1.86. The molecule has 2 N–H and O–H groups in total. The Morgan fingerprint density at radius 1 is 1.20 bits per heavy atom. The van der Waals surface area contributed by atoms with Gasteiger partial charge in [0.15, 0.2) is 0 Å². The molecule has 0 radical (unpaired) electrons. The first-order chi connectivity index (χ1) is 9.74. The van der Waals surface area contributed by atoms with E-state index in [1.807, 2.05) is 31.2 Å². The van der Waals surface area contributed by atoms with Crippen molar-refractivity contribution < 1.29 is 0 Å². The number of hydrogen-bond acceptors (Lipinski definition) is 5. The molecule has 20 heavy (non-hydrogen) atoms. The molecule has 2 aromatic heterocycles. The van der Waals surface area contributed by atoms with Gasteiger partial charge >= 0.3 is 0 Å². The molecule has 6 nitrogen and oxygen atoms in total. The van der Waals surface area contributed by atoms with Crippen LogP contribution in [0.15, 0.2) is 18.7 Å². The first kappa shape index (κ1) is 14.3. The number of aryl methyl sites for hydroxylation is 1. The van der Waals surface area contributed by atoms with Gasteiger partial charge in [-0.1, -0.05) is 13.3 Å². The Labute approximate surface area is 119 Å². The Balaban J connectivity index is 2.01. The summed E-state index contributed by atoms with van der Waals surface area (Å²) >= 11 is 0. The number of nitrogens with zero attached hydrogens (tertiary/aromatic N) is 4. The zero-order chi connectivity index (χ0) is 14.4. The van der Waals surface area contributed by atoms with Crippen LogP contribution in [0.3, 0.4) is 0 Å². The van der Waals surface area contributed by atoms with Crippen LogP contribution in [0.2, 0.25) is 0 Å². The quantitative estimate of drug-likeness (QED) is 0.806. The first-order valence-corrected chi connectivity index (χ1v) is 6.97. The molecular formula is C14H22N6. The van der Waals surface area contributed by atoms with Crippen LogP contribution in [0.5, 0.6) is 0 Å². The van der Waals surface area contributed by atoms with Gasteiger partial charge in [-0.25, -0.2) is 9.97 Å². The average Bonchev–Trinajstić information content (AvgIpc) is 2.86. The van der Waals surface area contributed by atoms with Crippen LogP contribution in [0.1, 0.15) is 24.5 Å². The van der Waals surface area contributed by atoms with Crippen LogP contribution in [0.4, 0.5) is 11.6 Å². The van der Waals surface area contributed by atoms with Crippen molar-refractivity contribution in [2.75, 3.05) is 24.2 Å². The third-order valence-electron chi connectivity index (χ3n) is 3.15. The summed E-state index contributed by atoms with van der Waals surface area (Å²) in [7, 11) is 3.82. The van der Waals surface area contributed by atoms with Crippen molar-refractivity contribution in [3.63, 3.8) is 0 Å². The largest absolute Gasteiger partial charge is 0.373 e. The molecule has 0 aliphatic carbocycles. The summed E-state index contributed by atoms with van der Waals surface area (Å²) in [6, 6.07) is 0. The lowest BCUT2D eigenvalue weighted by Crippen LogP contribution is -2.11. The third kappa shape index (κ3) is 3.46. The summed E-state index contributed by atoms with van der Waals surface area (Å²) in [6.07, 6.45) is 8.49. The fourth-order valence-electron chi connectivity index (χ4n) is 2.19. The van der Waals surface area contributed by atoms with Crippen molar-refractivity contribution in [3.05, 3.63) is 29.8 Å². The minimum Gasteiger partial charge on any atom is -0.373 e. The van der Waals surface area contributed by atoms with Gasteiger partial charge < -0.3 is 10.6 Å². The molecule has 0 amide bonds. The normalized spacial score (nSPS) is 10.6. The van der Waals surface area contributed by atoms with Crippen molar-refractivity contribution in [2.24, 2.45) is 7.05 Å². The van der Waals surface area contributed by atoms with Crippen molar-refractivity contribution in [1.82, 2.24) is 19.7 Å². The lowest BCUT2D eigenvalue weighted by molar-refractivity contribution is 0.766. The van der Waals surface area contributed by atoms with E-state index in [0.29, 0.717) is 0 Å². The second-order valence-electron chi connectivity index (χ2n) is 4.75. The van der Waals surface area contributed by atoms with Crippen LogP contribution < -0.4 is 10.6 Å². The second-order valence-corrected chi connectivity index (χ2v) is 4.75. The number of aromatic nitrogens is 4. The molecule has 0 aliphatic rings. The highest BCUT2D eigenvalue weighted by Gasteiger charge is 2.09. The maximum atomic E-state index is 4.36. The molecule has 2 heterocycles. The number of anilines is 2. The molecule has 2 aromatic rings. The Bertz CT molecular complexity index is 548. The van der Waals surface area contributed by atoms with Crippen LogP contribution in [-0.2, 0) is 19.9 Å². The Hall–Kier alpha value is -2.11. The Morgan fingerprint density at radius 2 is 2.00 bits per heavy atom. The van der Waals surface area contributed by atoms with E-state index >= 15 is 0 Å². The van der Waals surface area contributed by atoms with Gasteiger partial charge in [0.1, 0.15) is 18.0 Å². The molecule has 0 unspecified atom stereocenters. The summed E-state index contributed by atoms with van der Waals surface area (Å²) in [5.41, 5.74) is 2.38. The van der Waals surface area contributed by atoms with Gasteiger partial charge in [-0.3, -0.25) is 4.68 Å². The minimum absolute atomic E-state index is 0.836. The Morgan fingerprint density at radius 3 is 2.65 bits per heavy atom. The van der Waals surface area contributed by atoms with Crippen molar-refractivity contribution in [3.8, 4) is 0 Å². The van der Waals surface area contributed by atoms with Gasteiger partial charge in [0, 0.05) is 32.4 Å². The van der Waals surface area contributed by atoms with Crippen molar-refractivity contribution >= 4 is 11.6 Å². The summed E-state index contributed by atoms with van der Waals surface area (Å²) in [5.74, 6) is 1.83. The van der Waals surface area contributed by atoms with E-state index in [9.17, 15) is 0 Å². The zero-order valence-electron chi connectivity index (χ0n) is 12.3. The fourth-order valence-corrected chi connectivity index (χ4v) is 2.19. The minimum atomic E-state index is 0.836. The van der Waals surface area contributed by atoms with Crippen LogP contribution >= 0.6 is 0 Å². The lowest BCUT2D eigenvalue weighted by Gasteiger charge is -2.13. The third-order valence-corrected chi connectivity index (χ3v) is 3.15. The monoisotopic (exact) mass is 274 g/mol. The van der Waals surface area contributed by atoms with Gasteiger partial charge in [-0.05, 0) is 18.4 Å². The van der Waals surface area contributed by atoms with E-state index in [4.69, 9.17) is 0 Å². The molecule has 6 heteroatoms. The molecule has 0 atom stereocenters. The molecule has 0 fully saturated rings. The molecule has 0 aliphatic heterocycles. The fraction of sp³-hybridized carbons (Fsp3) is 0.500. The van der Waals surface area contributed by atoms with Gasteiger partial charge in [-0.2, -0.15) is 5.10 Å². The highest BCUT2D eigenvalue weighted by molar-refractivity contribution is 5.57. The summed E-state index contributed by atoms with van der Waals surface area (Å²) in [4.78, 5) is 8.63. The van der Waals surface area contributed by atoms with Crippen LogP contribution in [0, 0.1) is 0 Å². The van der Waals surface area contributed by atoms with Crippen LogP contribution in [-0.4, -0.2) is 33.3 Å². The number of hydrogen-bond donors (Lipinski definition) is 2. The van der Waals surface area contributed by atoms with Gasteiger partial charge in [-0.15, -0.1) is 0 Å². The van der Waals surface area contributed by atoms with Crippen molar-refractivity contribution in [1.29, 1.82) is 0 Å². The lowest BCUT2D eigenvalue weighted by atomic mass is 10.1. The summed E-state index contributed by atoms with van der Waals surface area (Å²) < 4.78 is 1.82. The summed E-state index contributed by atoms with van der Waals surface area (Å²) in [6.45, 7) is 2.99. The van der Waals surface area contributed by atoms with E-state index < -0.39 is 0 Å². The number of rotatable bonds is 7. The number of nitrogens with one attached hydrogen (secondary N) is 2. The Kier molecular flexibility index (Phi) is 4.92. The highest BCUT2D eigenvalue weighted by atomic mass is 15.2. The van der Waals surface area contributed by atoms with E-state index in [1.54, 1.807) is 6.33 Å². The van der Waals surface area contributed by atoms with Gasteiger partial charge in [0.25, 0.3) is 0 Å². The standard InChI is InChI=1S/C14H22N6/c1-4-5-12-13(15-2)17-10-18-14(12)16-7-6-11-8-19-20(3)9-11/h8-10H,4-7H2,1-3H3,(H2,15,16,17,18). The molecule has 0 aromatic carbocycles. The maximum Gasteiger partial charge on any atom is 0.134 e. The first-order valence-electron chi connectivity index (χ1n) is 6.97. The molecule has 0 spiro atoms. The van der Waals surface area contributed by atoms with E-state index in [-0.39, 0.29) is 0 Å². The topological polar surface area (TPSA) is 67.7 Å². The molecular weight excluding hydrogens is 252 g/mol. The zero-order valence-corrected chi connectivity index (χ0v) is 12.3. The predicted molar refractivity (Wildman–Crippen MR) is 81.0 cm³/mol. The SMILES string of the molecule is CCCc1c(NC)ncnc1NCCc1cnn(C)c1. The molecule has 108 valence electrons. The van der Waals surface area contributed by atoms with Gasteiger partial charge in [0.2, 0.25) is 0 Å². The molecule has 2 rings (SSSR count). The summed E-state index contributed by atoms with van der Waals surface area (Å²) in [5, 5.41) is 10.7. The molecule has 0 saturated carbocycles. The van der Waals surface area contributed by atoms with E-state index in [2.05, 4.69) is 32.6 Å². The molecule has 0 bridgehead atoms. The maximum absolute atomic E-state index is 4.36. The molecule has 0 saturated heterocycles. The van der Waals surface area contributed by atoms with Crippen molar-refractivity contribution in [2.45, 2.75) is 26.2 Å². The second kappa shape index (κ2) is 6.88.